The van der Waals surface area contributed by atoms with E-state index in [4.69, 9.17) is 0 Å². The van der Waals surface area contributed by atoms with E-state index in [2.05, 4.69) is 10.6 Å². The molecule has 0 spiro atoms. The van der Waals surface area contributed by atoms with E-state index in [0.717, 1.165) is 0 Å². The molecule has 1 aromatic rings. The van der Waals surface area contributed by atoms with Crippen molar-refractivity contribution in [1.29, 1.82) is 0 Å². The number of benzene rings is 1. The molecule has 0 bridgehead atoms. The number of nitro benzene ring substituents is 1. The molecule has 6 nitrogen and oxygen atoms in total. The number of nitrogens with zero attached hydrogens (tertiary/aromatic N) is 1. The summed E-state index contributed by atoms with van der Waals surface area (Å²) >= 11 is 0. The Morgan fingerprint density at radius 3 is 2.61 bits per heavy atom. The SMILES string of the molecule is O=C(NC1CNC1)c1c(F)ccc([N+](=O)[O-])c1F. The normalized spacial score (nSPS) is 15.0. The molecule has 8 heteroatoms. The summed E-state index contributed by atoms with van der Waals surface area (Å²) in [6, 6.07) is 1.18. The van der Waals surface area contributed by atoms with Crippen LogP contribution in [0.4, 0.5) is 14.5 Å². The van der Waals surface area contributed by atoms with E-state index in [-0.39, 0.29) is 6.04 Å². The summed E-state index contributed by atoms with van der Waals surface area (Å²) in [5, 5.41) is 15.7. The zero-order chi connectivity index (χ0) is 13.3. The number of hydrogen-bond acceptors (Lipinski definition) is 4. The van der Waals surface area contributed by atoms with Crippen LogP contribution >= 0.6 is 0 Å². The zero-order valence-electron chi connectivity index (χ0n) is 9.07. The molecule has 0 aromatic heterocycles. The first-order chi connectivity index (χ1) is 8.50. The number of halogens is 2. The smallest absolute Gasteiger partial charge is 0.305 e. The average molecular weight is 257 g/mol. The highest BCUT2D eigenvalue weighted by atomic mass is 19.1. The van der Waals surface area contributed by atoms with E-state index in [1.165, 1.54) is 0 Å². The number of carbonyl (C=O) groups excluding carboxylic acids is 1. The van der Waals surface area contributed by atoms with Gasteiger partial charge >= 0.3 is 5.69 Å². The Labute approximate surface area is 100 Å². The third-order valence-corrected chi connectivity index (χ3v) is 2.61. The number of carbonyl (C=O) groups is 1. The second-order valence-electron chi connectivity index (χ2n) is 3.84. The largest absolute Gasteiger partial charge is 0.347 e. The molecule has 0 unspecified atom stereocenters. The van der Waals surface area contributed by atoms with Gasteiger partial charge in [0.25, 0.3) is 5.91 Å². The maximum Gasteiger partial charge on any atom is 0.305 e. The lowest BCUT2D eigenvalue weighted by Crippen LogP contribution is -2.57. The van der Waals surface area contributed by atoms with Crippen LogP contribution in [0.1, 0.15) is 10.4 Å². The van der Waals surface area contributed by atoms with Gasteiger partial charge < -0.3 is 10.6 Å². The molecular formula is C10H9F2N3O3. The fourth-order valence-corrected chi connectivity index (χ4v) is 1.54. The molecule has 1 saturated heterocycles. The van der Waals surface area contributed by atoms with Crippen molar-refractivity contribution in [1.82, 2.24) is 10.6 Å². The molecule has 1 heterocycles. The van der Waals surface area contributed by atoms with Crippen molar-refractivity contribution in [3.8, 4) is 0 Å². The van der Waals surface area contributed by atoms with Crippen LogP contribution in [0.15, 0.2) is 12.1 Å². The van der Waals surface area contributed by atoms with E-state index in [1.807, 2.05) is 0 Å². The summed E-state index contributed by atoms with van der Waals surface area (Å²) in [5.41, 5.74) is -1.84. The van der Waals surface area contributed by atoms with Gasteiger partial charge in [-0.1, -0.05) is 0 Å². The third kappa shape index (κ3) is 2.14. The van der Waals surface area contributed by atoms with Gasteiger partial charge in [-0.3, -0.25) is 14.9 Å². The molecule has 1 amide bonds. The third-order valence-electron chi connectivity index (χ3n) is 2.61. The lowest BCUT2D eigenvalue weighted by molar-refractivity contribution is -0.387. The van der Waals surface area contributed by atoms with E-state index in [9.17, 15) is 23.7 Å². The van der Waals surface area contributed by atoms with E-state index in [1.54, 1.807) is 0 Å². The van der Waals surface area contributed by atoms with Gasteiger partial charge in [0.1, 0.15) is 11.4 Å². The van der Waals surface area contributed by atoms with Crippen molar-refractivity contribution >= 4 is 11.6 Å². The minimum absolute atomic E-state index is 0.212. The minimum atomic E-state index is -1.45. The van der Waals surface area contributed by atoms with Crippen LogP contribution in [0, 0.1) is 21.7 Å². The van der Waals surface area contributed by atoms with Crippen LogP contribution in [0.3, 0.4) is 0 Å². The van der Waals surface area contributed by atoms with Gasteiger partial charge in [0.05, 0.1) is 11.0 Å². The Morgan fingerprint density at radius 1 is 1.44 bits per heavy atom. The molecule has 0 saturated carbocycles. The van der Waals surface area contributed by atoms with Crippen LogP contribution in [0.25, 0.3) is 0 Å². The summed E-state index contributed by atoms with van der Waals surface area (Å²) in [4.78, 5) is 21.1. The summed E-state index contributed by atoms with van der Waals surface area (Å²) in [7, 11) is 0. The minimum Gasteiger partial charge on any atom is -0.347 e. The van der Waals surface area contributed by atoms with E-state index < -0.39 is 33.7 Å². The first kappa shape index (κ1) is 12.4. The van der Waals surface area contributed by atoms with Crippen molar-refractivity contribution in [3.05, 3.63) is 39.4 Å². The molecule has 0 aliphatic carbocycles. The van der Waals surface area contributed by atoms with Crippen LogP contribution in [0.2, 0.25) is 0 Å². The topological polar surface area (TPSA) is 84.3 Å². The van der Waals surface area contributed by atoms with Crippen molar-refractivity contribution in [2.24, 2.45) is 0 Å². The first-order valence-corrected chi connectivity index (χ1v) is 5.14. The highest BCUT2D eigenvalue weighted by Crippen LogP contribution is 2.23. The van der Waals surface area contributed by atoms with E-state index >= 15 is 0 Å². The molecule has 96 valence electrons. The maximum atomic E-state index is 13.6. The molecule has 0 atom stereocenters. The van der Waals surface area contributed by atoms with Crippen molar-refractivity contribution in [2.75, 3.05) is 13.1 Å². The lowest BCUT2D eigenvalue weighted by atomic mass is 10.1. The fraction of sp³-hybridized carbons (Fsp3) is 0.300. The first-order valence-electron chi connectivity index (χ1n) is 5.14. The average Bonchev–Trinajstić information content (AvgIpc) is 2.23. The molecule has 1 fully saturated rings. The fourth-order valence-electron chi connectivity index (χ4n) is 1.54. The monoisotopic (exact) mass is 257 g/mol. The summed E-state index contributed by atoms with van der Waals surface area (Å²) in [6.45, 7) is 1.01. The van der Waals surface area contributed by atoms with Crippen LogP contribution < -0.4 is 10.6 Å². The Morgan fingerprint density at radius 2 is 2.11 bits per heavy atom. The van der Waals surface area contributed by atoms with Crippen LogP contribution in [-0.4, -0.2) is 30.0 Å². The van der Waals surface area contributed by atoms with Gasteiger partial charge in [0, 0.05) is 19.2 Å². The van der Waals surface area contributed by atoms with Crippen LogP contribution in [-0.2, 0) is 0 Å². The Kier molecular flexibility index (Phi) is 3.19. The Hall–Kier alpha value is -2.09. The van der Waals surface area contributed by atoms with E-state index in [0.29, 0.717) is 25.2 Å². The number of rotatable bonds is 3. The van der Waals surface area contributed by atoms with Gasteiger partial charge in [0.2, 0.25) is 5.82 Å². The Balaban J connectivity index is 2.32. The molecule has 1 aromatic carbocycles. The number of nitrogens with one attached hydrogen (secondary N) is 2. The number of amides is 1. The number of nitro groups is 1. The molecular weight excluding hydrogens is 248 g/mol. The van der Waals surface area contributed by atoms with Crippen LogP contribution in [0.5, 0.6) is 0 Å². The molecule has 18 heavy (non-hydrogen) atoms. The maximum absolute atomic E-state index is 13.6. The quantitative estimate of drug-likeness (QED) is 0.612. The van der Waals surface area contributed by atoms with Gasteiger partial charge in [0.15, 0.2) is 0 Å². The lowest BCUT2D eigenvalue weighted by Gasteiger charge is -2.27. The second-order valence-corrected chi connectivity index (χ2v) is 3.84. The van der Waals surface area contributed by atoms with Gasteiger partial charge in [-0.2, -0.15) is 4.39 Å². The zero-order valence-corrected chi connectivity index (χ0v) is 9.07. The number of hydrogen-bond donors (Lipinski definition) is 2. The highest BCUT2D eigenvalue weighted by molar-refractivity contribution is 5.95. The molecule has 0 radical (unpaired) electrons. The van der Waals surface area contributed by atoms with Crippen molar-refractivity contribution in [3.63, 3.8) is 0 Å². The summed E-state index contributed by atoms with van der Waals surface area (Å²) in [6.07, 6.45) is 0. The predicted molar refractivity (Wildman–Crippen MR) is 57.1 cm³/mol. The molecule has 1 aliphatic heterocycles. The van der Waals surface area contributed by atoms with Gasteiger partial charge in [-0.25, -0.2) is 4.39 Å². The van der Waals surface area contributed by atoms with Gasteiger partial charge in [-0.15, -0.1) is 0 Å². The van der Waals surface area contributed by atoms with Crippen molar-refractivity contribution in [2.45, 2.75) is 6.04 Å². The molecule has 1 aliphatic rings. The van der Waals surface area contributed by atoms with Crippen molar-refractivity contribution < 1.29 is 18.5 Å². The summed E-state index contributed by atoms with van der Waals surface area (Å²) in [5.74, 6) is -3.56. The molecule has 2 N–H and O–H groups in total. The Bertz CT molecular complexity index is 517. The van der Waals surface area contributed by atoms with Gasteiger partial charge in [-0.05, 0) is 6.07 Å². The highest BCUT2D eigenvalue weighted by Gasteiger charge is 2.28. The summed E-state index contributed by atoms with van der Waals surface area (Å²) < 4.78 is 27.0. The predicted octanol–water partition coefficient (Wildman–Crippen LogP) is 0.575. The standard InChI is InChI=1S/C10H9F2N3O3/c11-6-1-2-7(15(17)18)9(12)8(6)10(16)14-5-3-13-4-5/h1-2,5,13H,3-4H2,(H,14,16). The second kappa shape index (κ2) is 4.65. The molecule has 2 rings (SSSR count).